The van der Waals surface area contributed by atoms with E-state index in [0.29, 0.717) is 5.75 Å². The van der Waals surface area contributed by atoms with E-state index in [4.69, 9.17) is 0 Å². The number of benzene rings is 1. The molecule has 3 aliphatic carbocycles. The Morgan fingerprint density at radius 3 is 2.86 bits per heavy atom. The van der Waals surface area contributed by atoms with E-state index < -0.39 is 0 Å². The lowest BCUT2D eigenvalue weighted by Gasteiger charge is -2.42. The van der Waals surface area contributed by atoms with Gasteiger partial charge < -0.3 is 10.2 Å². The minimum atomic E-state index is -0.201. The van der Waals surface area contributed by atoms with E-state index in [2.05, 4.69) is 19.1 Å². The molecule has 1 aromatic rings. The lowest BCUT2D eigenvalue weighted by atomic mass is 9.63. The van der Waals surface area contributed by atoms with Crippen molar-refractivity contribution in [2.45, 2.75) is 51.6 Å². The molecule has 0 bridgehead atoms. The molecule has 2 N–H and O–H groups in total. The minimum Gasteiger partial charge on any atom is -0.508 e. The van der Waals surface area contributed by atoms with Gasteiger partial charge in [0.05, 0.1) is 6.10 Å². The number of phenolic OH excluding ortho intramolecular Hbond substituents is 1. The topological polar surface area (TPSA) is 40.5 Å². The predicted octanol–water partition coefficient (Wildman–Crippen LogP) is 3.97. The van der Waals surface area contributed by atoms with E-state index in [-0.39, 0.29) is 11.5 Å². The van der Waals surface area contributed by atoms with E-state index >= 15 is 0 Å². The van der Waals surface area contributed by atoms with Crippen molar-refractivity contribution in [1.29, 1.82) is 0 Å². The van der Waals surface area contributed by atoms with Gasteiger partial charge in [-0.3, -0.25) is 0 Å². The molecule has 0 saturated heterocycles. The molecule has 4 rings (SSSR count). The van der Waals surface area contributed by atoms with Gasteiger partial charge in [0.2, 0.25) is 0 Å². The summed E-state index contributed by atoms with van der Waals surface area (Å²) in [6.07, 6.45) is 8.07. The van der Waals surface area contributed by atoms with Gasteiger partial charge in [-0.05, 0) is 78.5 Å². The normalized spacial score (nSPS) is 30.6. The SMILES string of the molecule is CC[C@]12CCC3=C(CCc4cc(O)ccc43)C1=CC[C@@H]2O. The molecule has 0 heterocycles. The monoisotopic (exact) mass is 282 g/mol. The Bertz CT molecular complexity index is 668. The van der Waals surface area contributed by atoms with Gasteiger partial charge in [0.15, 0.2) is 0 Å². The maximum Gasteiger partial charge on any atom is 0.115 e. The lowest BCUT2D eigenvalue weighted by Crippen LogP contribution is -2.36. The van der Waals surface area contributed by atoms with Crippen LogP contribution in [0, 0.1) is 5.41 Å². The second-order valence-electron chi connectivity index (χ2n) is 6.68. The first-order valence-corrected chi connectivity index (χ1v) is 8.09. The van der Waals surface area contributed by atoms with Crippen LogP contribution in [0.1, 0.15) is 50.2 Å². The van der Waals surface area contributed by atoms with E-state index in [1.165, 1.54) is 27.8 Å². The van der Waals surface area contributed by atoms with Gasteiger partial charge in [-0.1, -0.05) is 19.1 Å². The van der Waals surface area contributed by atoms with E-state index in [1.807, 2.05) is 6.07 Å². The number of fused-ring (bicyclic) bond motifs is 4. The molecular weight excluding hydrogens is 260 g/mol. The van der Waals surface area contributed by atoms with Crippen molar-refractivity contribution in [3.63, 3.8) is 0 Å². The maximum atomic E-state index is 10.5. The van der Waals surface area contributed by atoms with E-state index in [1.54, 1.807) is 6.07 Å². The van der Waals surface area contributed by atoms with Crippen LogP contribution in [0.4, 0.5) is 0 Å². The Kier molecular flexibility index (Phi) is 2.80. The van der Waals surface area contributed by atoms with E-state index in [9.17, 15) is 10.2 Å². The Hall–Kier alpha value is -1.54. The van der Waals surface area contributed by atoms with Crippen molar-refractivity contribution in [3.8, 4) is 5.75 Å². The summed E-state index contributed by atoms with van der Waals surface area (Å²) >= 11 is 0. The number of aryl methyl sites for hydroxylation is 1. The molecule has 0 spiro atoms. The Labute approximate surface area is 125 Å². The van der Waals surface area contributed by atoms with Crippen LogP contribution >= 0.6 is 0 Å². The molecule has 2 nitrogen and oxygen atoms in total. The third kappa shape index (κ3) is 1.69. The predicted molar refractivity (Wildman–Crippen MR) is 84.0 cm³/mol. The third-order valence-corrected chi connectivity index (χ3v) is 5.92. The number of rotatable bonds is 1. The highest BCUT2D eigenvalue weighted by Gasteiger charge is 2.47. The number of hydrogen-bond acceptors (Lipinski definition) is 2. The first-order chi connectivity index (χ1) is 10.2. The number of aromatic hydroxyl groups is 1. The number of phenols is 1. The average molecular weight is 282 g/mol. The number of aliphatic hydroxyl groups is 1. The molecular formula is C19H22O2. The van der Waals surface area contributed by atoms with Gasteiger partial charge in [-0.15, -0.1) is 0 Å². The van der Waals surface area contributed by atoms with Gasteiger partial charge in [0.1, 0.15) is 5.75 Å². The van der Waals surface area contributed by atoms with Crippen LogP contribution in [0.5, 0.6) is 5.75 Å². The van der Waals surface area contributed by atoms with Gasteiger partial charge >= 0.3 is 0 Å². The van der Waals surface area contributed by atoms with Crippen LogP contribution in [0.3, 0.4) is 0 Å². The fraction of sp³-hybridized carbons (Fsp3) is 0.474. The molecule has 2 atom stereocenters. The first-order valence-electron chi connectivity index (χ1n) is 8.09. The summed E-state index contributed by atoms with van der Waals surface area (Å²) in [6.45, 7) is 2.21. The molecule has 2 heteroatoms. The zero-order chi connectivity index (χ0) is 14.6. The molecule has 0 radical (unpaired) electrons. The number of hydrogen-bond donors (Lipinski definition) is 2. The molecule has 0 amide bonds. The van der Waals surface area contributed by atoms with Crippen LogP contribution in [-0.4, -0.2) is 16.3 Å². The average Bonchev–Trinajstić information content (AvgIpc) is 2.84. The van der Waals surface area contributed by atoms with Gasteiger partial charge in [-0.2, -0.15) is 0 Å². The van der Waals surface area contributed by atoms with Crippen LogP contribution in [0.2, 0.25) is 0 Å². The first kappa shape index (κ1) is 13.1. The van der Waals surface area contributed by atoms with Gasteiger partial charge in [0.25, 0.3) is 0 Å². The van der Waals surface area contributed by atoms with Gasteiger partial charge in [0, 0.05) is 5.41 Å². The lowest BCUT2D eigenvalue weighted by molar-refractivity contribution is 0.0570. The molecule has 0 saturated carbocycles. The van der Waals surface area contributed by atoms with Crippen LogP contribution in [-0.2, 0) is 6.42 Å². The molecule has 0 fully saturated rings. The number of aliphatic hydroxyl groups excluding tert-OH is 1. The standard InChI is InChI=1S/C19H22O2/c1-2-19-10-9-15-14-6-4-13(20)11-12(14)3-5-16(15)17(19)7-8-18(19)21/h4,6-7,11,18,20-21H,2-3,5,8-10H2,1H3/t18-,19-/m0/s1. The molecule has 21 heavy (non-hydrogen) atoms. The van der Waals surface area contributed by atoms with Crippen LogP contribution < -0.4 is 0 Å². The van der Waals surface area contributed by atoms with Gasteiger partial charge in [-0.25, -0.2) is 0 Å². The summed E-state index contributed by atoms with van der Waals surface area (Å²) in [6, 6.07) is 5.79. The smallest absolute Gasteiger partial charge is 0.115 e. The molecule has 1 aromatic carbocycles. The minimum absolute atomic E-state index is 0.00720. The maximum absolute atomic E-state index is 10.5. The summed E-state index contributed by atoms with van der Waals surface area (Å²) in [5, 5.41) is 20.2. The fourth-order valence-electron chi connectivity index (χ4n) is 4.75. The third-order valence-electron chi connectivity index (χ3n) is 5.92. The highest BCUT2D eigenvalue weighted by Crippen LogP contribution is 2.57. The fourth-order valence-corrected chi connectivity index (χ4v) is 4.75. The molecule has 0 aliphatic heterocycles. The number of allylic oxidation sites excluding steroid dienone is 2. The highest BCUT2D eigenvalue weighted by molar-refractivity contribution is 5.79. The Morgan fingerprint density at radius 1 is 1.19 bits per heavy atom. The zero-order valence-corrected chi connectivity index (χ0v) is 12.5. The highest BCUT2D eigenvalue weighted by atomic mass is 16.3. The summed E-state index contributed by atoms with van der Waals surface area (Å²) < 4.78 is 0. The molecule has 3 aliphatic rings. The van der Waals surface area contributed by atoms with Crippen molar-refractivity contribution in [1.82, 2.24) is 0 Å². The summed E-state index contributed by atoms with van der Waals surface area (Å²) in [4.78, 5) is 0. The van der Waals surface area contributed by atoms with Crippen molar-refractivity contribution in [3.05, 3.63) is 46.5 Å². The molecule has 0 unspecified atom stereocenters. The van der Waals surface area contributed by atoms with Crippen molar-refractivity contribution in [2.24, 2.45) is 5.41 Å². The summed E-state index contributed by atoms with van der Waals surface area (Å²) in [7, 11) is 0. The van der Waals surface area contributed by atoms with Crippen LogP contribution in [0.25, 0.3) is 5.57 Å². The second-order valence-corrected chi connectivity index (χ2v) is 6.68. The summed E-state index contributed by atoms with van der Waals surface area (Å²) in [5.41, 5.74) is 6.97. The van der Waals surface area contributed by atoms with Crippen LogP contribution in [0.15, 0.2) is 35.4 Å². The van der Waals surface area contributed by atoms with E-state index in [0.717, 1.165) is 38.5 Å². The van der Waals surface area contributed by atoms with Crippen molar-refractivity contribution in [2.75, 3.05) is 0 Å². The Morgan fingerprint density at radius 2 is 2.05 bits per heavy atom. The quantitative estimate of drug-likeness (QED) is 0.818. The summed E-state index contributed by atoms with van der Waals surface area (Å²) in [5.74, 6) is 0.368. The largest absolute Gasteiger partial charge is 0.508 e. The zero-order valence-electron chi connectivity index (χ0n) is 12.5. The van der Waals surface area contributed by atoms with Crippen molar-refractivity contribution < 1.29 is 10.2 Å². The van der Waals surface area contributed by atoms with Crippen molar-refractivity contribution >= 4 is 5.57 Å². The Balaban J connectivity index is 1.86. The second kappa shape index (κ2) is 4.48. The molecule has 0 aromatic heterocycles. The molecule has 110 valence electrons.